The van der Waals surface area contributed by atoms with E-state index in [0.717, 1.165) is 32.6 Å². The SMILES string of the molecule is CN(C)S(=O)(=O)c1ccc(O[Si](c2ccccc2)(c2ccccc2)C(C)(C)C)c2nc(CSC[C@H](NC(=O)OCC3c4ccccc4-c4ccccc43)C(=O)O)ccc12. The molecular weight excluding hydrogens is 799 g/mol. The van der Waals surface area contributed by atoms with E-state index in [-0.39, 0.29) is 34.0 Å². The number of nitrogens with one attached hydrogen (secondary N) is 1. The van der Waals surface area contributed by atoms with Crippen molar-refractivity contribution in [3.63, 3.8) is 0 Å². The lowest BCUT2D eigenvalue weighted by Gasteiger charge is -2.43. The van der Waals surface area contributed by atoms with Crippen molar-refractivity contribution < 1.29 is 32.3 Å². The van der Waals surface area contributed by atoms with Gasteiger partial charge in [0.05, 0.1) is 10.6 Å². The van der Waals surface area contributed by atoms with Gasteiger partial charge in [0.1, 0.15) is 23.9 Å². The van der Waals surface area contributed by atoms with E-state index < -0.39 is 36.4 Å². The smallest absolute Gasteiger partial charge is 0.407 e. The van der Waals surface area contributed by atoms with Crippen LogP contribution in [0.25, 0.3) is 22.0 Å². The van der Waals surface area contributed by atoms with Gasteiger partial charge in [0.15, 0.2) is 0 Å². The van der Waals surface area contributed by atoms with Gasteiger partial charge in [0.25, 0.3) is 0 Å². The number of ether oxygens (including phenoxy) is 1. The molecule has 6 aromatic rings. The van der Waals surface area contributed by atoms with Gasteiger partial charge < -0.3 is 19.6 Å². The van der Waals surface area contributed by atoms with Crippen molar-refractivity contribution in [1.29, 1.82) is 0 Å². The summed E-state index contributed by atoms with van der Waals surface area (Å²) in [7, 11) is -4.05. The molecule has 0 saturated heterocycles. The molecule has 0 fully saturated rings. The summed E-state index contributed by atoms with van der Waals surface area (Å²) in [5, 5.41) is 14.7. The number of hydrogen-bond donors (Lipinski definition) is 2. The standard InChI is InChI=1S/C46H47N3O7S2Si/c1-46(2,3)59(32-16-8-6-9-17-32,33-18-10-7-11-19-33)56-41-26-27-42(58(53,54)49(4)5)38-25-24-31(47-43(38)41)29-57-30-40(44(50)51)48-45(52)55-28-39-36-22-14-12-20-34(36)35-21-13-15-23-37(35)39/h6-27,39-40H,28-30H2,1-5H3,(H,48,52)(H,50,51)/t40-/m0/s1. The Morgan fingerprint density at radius 2 is 1.37 bits per heavy atom. The number of thioether (sulfide) groups is 1. The second kappa shape index (κ2) is 17.0. The third-order valence-electron chi connectivity index (χ3n) is 10.7. The number of carboxylic acids is 1. The second-order valence-electron chi connectivity index (χ2n) is 15.7. The molecule has 0 saturated carbocycles. The highest BCUT2D eigenvalue weighted by Gasteiger charge is 2.52. The Kier molecular flexibility index (Phi) is 12.0. The Hall–Kier alpha value is -5.47. The minimum absolute atomic E-state index is 0.0275. The number of rotatable bonds is 14. The number of carbonyl (C=O) groups excluding carboxylic acids is 1. The highest BCUT2D eigenvalue weighted by molar-refractivity contribution is 7.98. The van der Waals surface area contributed by atoms with Crippen LogP contribution in [0.3, 0.4) is 0 Å². The number of amides is 1. The number of carbonyl (C=O) groups is 2. The fourth-order valence-electron chi connectivity index (χ4n) is 7.84. The fourth-order valence-corrected chi connectivity index (χ4v) is 14.3. The Morgan fingerprint density at radius 3 is 1.92 bits per heavy atom. The Labute approximate surface area is 350 Å². The summed E-state index contributed by atoms with van der Waals surface area (Å²) in [6.45, 7) is 6.55. The average molecular weight is 846 g/mol. The molecule has 0 aliphatic heterocycles. The number of sulfonamides is 1. The molecule has 5 aromatic carbocycles. The van der Waals surface area contributed by atoms with Crippen molar-refractivity contribution >= 4 is 63.4 Å². The highest BCUT2D eigenvalue weighted by Crippen LogP contribution is 2.45. The molecule has 2 N–H and O–H groups in total. The predicted octanol–water partition coefficient (Wildman–Crippen LogP) is 7.65. The zero-order chi connectivity index (χ0) is 42.0. The molecule has 1 aliphatic rings. The summed E-state index contributed by atoms with van der Waals surface area (Å²) in [6, 6.07) is 41.8. The van der Waals surface area contributed by atoms with E-state index in [1.54, 1.807) is 24.3 Å². The summed E-state index contributed by atoms with van der Waals surface area (Å²) >= 11 is 1.28. The van der Waals surface area contributed by atoms with E-state index in [1.165, 1.54) is 30.2 Å². The molecule has 0 spiro atoms. The number of pyridine rings is 1. The zero-order valence-corrected chi connectivity index (χ0v) is 36.2. The van der Waals surface area contributed by atoms with Crippen molar-refractivity contribution in [3.8, 4) is 16.9 Å². The summed E-state index contributed by atoms with van der Waals surface area (Å²) in [4.78, 5) is 30.5. The first-order valence-electron chi connectivity index (χ1n) is 19.3. The molecule has 0 unspecified atom stereocenters. The average Bonchev–Trinajstić information content (AvgIpc) is 3.55. The van der Waals surface area contributed by atoms with Crippen LogP contribution in [0.15, 0.2) is 138 Å². The molecule has 304 valence electrons. The fraction of sp³-hybridized carbons (Fsp3) is 0.239. The molecule has 1 aliphatic carbocycles. The molecule has 1 heterocycles. The highest BCUT2D eigenvalue weighted by atomic mass is 32.2. The van der Waals surface area contributed by atoms with Crippen molar-refractivity contribution in [1.82, 2.24) is 14.6 Å². The van der Waals surface area contributed by atoms with Crippen molar-refractivity contribution in [2.24, 2.45) is 0 Å². The van der Waals surface area contributed by atoms with Gasteiger partial charge in [-0.05, 0) is 61.9 Å². The van der Waals surface area contributed by atoms with E-state index in [4.69, 9.17) is 14.1 Å². The first-order chi connectivity index (χ1) is 28.2. The van der Waals surface area contributed by atoms with Crippen LogP contribution in [0, 0.1) is 0 Å². The van der Waals surface area contributed by atoms with Crippen LogP contribution in [-0.2, 0) is 25.3 Å². The van der Waals surface area contributed by atoms with Crippen LogP contribution in [-0.4, -0.2) is 75.7 Å². The normalized spacial score (nSPS) is 13.5. The van der Waals surface area contributed by atoms with Crippen molar-refractivity contribution in [2.75, 3.05) is 26.5 Å². The number of fused-ring (bicyclic) bond motifs is 4. The van der Waals surface area contributed by atoms with Gasteiger partial charge in [-0.2, -0.15) is 11.8 Å². The quantitative estimate of drug-likeness (QED) is 0.106. The number of aromatic nitrogens is 1. The maximum Gasteiger partial charge on any atom is 0.407 e. The van der Waals surface area contributed by atoms with Crippen LogP contribution >= 0.6 is 11.8 Å². The van der Waals surface area contributed by atoms with Crippen LogP contribution in [0.5, 0.6) is 5.75 Å². The topological polar surface area (TPSA) is 135 Å². The lowest BCUT2D eigenvalue weighted by molar-refractivity contribution is -0.138. The van der Waals surface area contributed by atoms with Crippen molar-refractivity contribution in [2.45, 2.75) is 48.4 Å². The minimum atomic E-state index is -3.87. The first kappa shape index (κ1) is 41.7. The number of alkyl carbamates (subject to hydrolysis) is 1. The number of benzene rings is 5. The van der Waals surface area contributed by atoms with Crippen LogP contribution in [0.2, 0.25) is 5.04 Å². The maximum atomic E-state index is 13.6. The molecule has 13 heteroatoms. The number of hydrogen-bond acceptors (Lipinski definition) is 8. The molecule has 0 radical (unpaired) electrons. The van der Waals surface area contributed by atoms with Gasteiger partial charge in [-0.15, -0.1) is 0 Å². The monoisotopic (exact) mass is 845 g/mol. The predicted molar refractivity (Wildman–Crippen MR) is 237 cm³/mol. The Morgan fingerprint density at radius 1 is 0.814 bits per heavy atom. The molecule has 10 nitrogen and oxygen atoms in total. The molecule has 1 atom stereocenters. The van der Waals surface area contributed by atoms with Gasteiger partial charge >= 0.3 is 20.4 Å². The molecular formula is C46H47N3O7S2Si. The Balaban J connectivity index is 1.14. The maximum absolute atomic E-state index is 13.6. The Bertz CT molecular complexity index is 2520. The van der Waals surface area contributed by atoms with E-state index in [1.807, 2.05) is 84.9 Å². The van der Waals surface area contributed by atoms with Gasteiger partial charge in [0, 0.05) is 36.9 Å². The summed E-state index contributed by atoms with van der Waals surface area (Å²) in [6.07, 6.45) is -0.816. The molecule has 1 amide bonds. The number of aliphatic carboxylic acids is 1. The number of nitrogens with zero attached hydrogens (tertiary/aromatic N) is 2. The molecule has 59 heavy (non-hydrogen) atoms. The van der Waals surface area contributed by atoms with Gasteiger partial charge in [-0.1, -0.05) is 130 Å². The summed E-state index contributed by atoms with van der Waals surface area (Å²) < 4.78 is 41.4. The number of carboxylic acid groups (broad SMARTS) is 1. The molecule has 0 bridgehead atoms. The van der Waals surface area contributed by atoms with Crippen molar-refractivity contribution in [3.05, 3.63) is 150 Å². The van der Waals surface area contributed by atoms with E-state index >= 15 is 0 Å². The van der Waals surface area contributed by atoms with Gasteiger partial charge in [-0.3, -0.25) is 0 Å². The first-order valence-corrected chi connectivity index (χ1v) is 23.8. The second-order valence-corrected chi connectivity index (χ2v) is 23.1. The zero-order valence-electron chi connectivity index (χ0n) is 33.6. The summed E-state index contributed by atoms with van der Waals surface area (Å²) in [5.74, 6) is -0.616. The lowest BCUT2D eigenvalue weighted by Crippen LogP contribution is -2.68. The van der Waals surface area contributed by atoms with Crippen LogP contribution in [0.4, 0.5) is 4.79 Å². The third-order valence-corrected chi connectivity index (χ3v) is 18.6. The lowest BCUT2D eigenvalue weighted by atomic mass is 9.98. The molecule has 7 rings (SSSR count). The van der Waals surface area contributed by atoms with E-state index in [2.05, 4.69) is 50.4 Å². The van der Waals surface area contributed by atoms with Gasteiger partial charge in [-0.25, -0.2) is 27.3 Å². The molecule has 1 aromatic heterocycles. The van der Waals surface area contributed by atoms with Crippen LogP contribution < -0.4 is 20.1 Å². The van der Waals surface area contributed by atoms with Crippen LogP contribution in [0.1, 0.15) is 43.5 Å². The third kappa shape index (κ3) is 8.25. The largest absolute Gasteiger partial charge is 0.533 e. The van der Waals surface area contributed by atoms with E-state index in [0.29, 0.717) is 22.3 Å². The van der Waals surface area contributed by atoms with E-state index in [9.17, 15) is 23.1 Å². The van der Waals surface area contributed by atoms with Gasteiger partial charge in [0.2, 0.25) is 10.0 Å². The summed E-state index contributed by atoms with van der Waals surface area (Å²) in [5.41, 5.74) is 5.26. The minimum Gasteiger partial charge on any atom is -0.533 e.